The van der Waals surface area contributed by atoms with Gasteiger partial charge in [-0.05, 0) is 43.9 Å². The first-order valence-electron chi connectivity index (χ1n) is 6.76. The molecule has 0 unspecified atom stereocenters. The number of nitrogens with one attached hydrogen (secondary N) is 1. The largest absolute Gasteiger partial charge is 0.271 e. The van der Waals surface area contributed by atoms with Crippen molar-refractivity contribution in [2.24, 2.45) is 4.99 Å². The Morgan fingerprint density at radius 3 is 2.59 bits per heavy atom. The minimum atomic E-state index is 0.594. The third kappa shape index (κ3) is 4.30. The average molecular weight is 327 g/mol. The maximum atomic E-state index is 8.75. The minimum absolute atomic E-state index is 0.594. The number of nitriles is 1. The van der Waals surface area contributed by atoms with E-state index in [1.807, 2.05) is 36.7 Å². The summed E-state index contributed by atoms with van der Waals surface area (Å²) in [4.78, 5) is 6.82. The Balaban J connectivity index is 2.34. The Bertz CT molecular complexity index is 733. The second-order valence-corrected chi connectivity index (χ2v) is 6.58. The molecule has 0 fully saturated rings. The van der Waals surface area contributed by atoms with E-state index >= 15 is 0 Å². The summed E-state index contributed by atoms with van der Waals surface area (Å²) in [5.41, 5.74) is 3.37. The average Bonchev–Trinajstić information content (AvgIpc) is 2.51. The monoisotopic (exact) mass is 327 g/mol. The Kier molecular flexibility index (Phi) is 5.93. The molecular formula is C17H17N3S2. The van der Waals surface area contributed by atoms with E-state index in [9.17, 15) is 0 Å². The first-order valence-corrected chi connectivity index (χ1v) is 8.80. The van der Waals surface area contributed by atoms with Gasteiger partial charge in [-0.2, -0.15) is 5.26 Å². The molecule has 1 N–H and O–H groups in total. The lowest BCUT2D eigenvalue weighted by molar-refractivity contribution is 1.25. The molecule has 0 aromatic heterocycles. The molecule has 3 nitrogen and oxygen atoms in total. The van der Waals surface area contributed by atoms with Crippen LogP contribution < -0.4 is 5.32 Å². The summed E-state index contributed by atoms with van der Waals surface area (Å²) in [6.45, 7) is 4.21. The molecule has 0 atom stereocenters. The highest BCUT2D eigenvalue weighted by molar-refractivity contribution is 8.13. The zero-order chi connectivity index (χ0) is 15.9. The van der Waals surface area contributed by atoms with E-state index in [-0.39, 0.29) is 0 Å². The summed E-state index contributed by atoms with van der Waals surface area (Å²) < 4.78 is 0. The minimum Gasteiger partial charge on any atom is -0.271 e. The molecule has 0 aliphatic heterocycles. The number of aliphatic imine (C=N–C) groups is 1. The topological polar surface area (TPSA) is 48.2 Å². The first-order chi connectivity index (χ1) is 10.6. The lowest BCUT2D eigenvalue weighted by atomic mass is 10.2. The van der Waals surface area contributed by atoms with Crippen molar-refractivity contribution in [1.82, 2.24) is 5.32 Å². The highest BCUT2D eigenvalue weighted by Crippen LogP contribution is 2.37. The number of para-hydroxylation sites is 1. The van der Waals surface area contributed by atoms with Gasteiger partial charge >= 0.3 is 0 Å². The lowest BCUT2D eigenvalue weighted by Gasteiger charge is -2.09. The number of nitrogens with zero attached hydrogens (tertiary/aromatic N) is 2. The van der Waals surface area contributed by atoms with E-state index in [1.165, 1.54) is 27.8 Å². The second kappa shape index (κ2) is 7.92. The van der Waals surface area contributed by atoms with Crippen LogP contribution in [0, 0.1) is 25.3 Å². The van der Waals surface area contributed by atoms with Gasteiger partial charge < -0.3 is 0 Å². The second-order valence-electron chi connectivity index (χ2n) is 4.70. The lowest BCUT2D eigenvalue weighted by Crippen LogP contribution is -2.12. The van der Waals surface area contributed by atoms with Gasteiger partial charge in [0.2, 0.25) is 0 Å². The molecule has 5 heteroatoms. The van der Waals surface area contributed by atoms with Gasteiger partial charge in [0, 0.05) is 9.79 Å². The Hall–Kier alpha value is -1.90. The molecule has 0 aliphatic rings. The van der Waals surface area contributed by atoms with Crippen molar-refractivity contribution in [3.8, 4) is 6.19 Å². The molecule has 22 heavy (non-hydrogen) atoms. The maximum absolute atomic E-state index is 8.75. The quantitative estimate of drug-likeness (QED) is 0.378. The Labute approximate surface area is 139 Å². The van der Waals surface area contributed by atoms with Crippen LogP contribution in [-0.2, 0) is 0 Å². The number of amidine groups is 1. The van der Waals surface area contributed by atoms with E-state index in [0.717, 1.165) is 10.6 Å². The van der Waals surface area contributed by atoms with Crippen LogP contribution in [0.25, 0.3) is 0 Å². The van der Waals surface area contributed by atoms with Gasteiger partial charge in [0.1, 0.15) is 0 Å². The summed E-state index contributed by atoms with van der Waals surface area (Å²) in [5.74, 6) is 0. The predicted molar refractivity (Wildman–Crippen MR) is 95.8 cm³/mol. The van der Waals surface area contributed by atoms with Crippen LogP contribution in [-0.4, -0.2) is 11.4 Å². The molecule has 0 aliphatic carbocycles. The fraction of sp³-hybridized carbons (Fsp3) is 0.176. The summed E-state index contributed by atoms with van der Waals surface area (Å²) >= 11 is 3.11. The molecule has 2 aromatic rings. The van der Waals surface area contributed by atoms with E-state index in [2.05, 4.69) is 42.4 Å². The van der Waals surface area contributed by atoms with Gasteiger partial charge in [-0.25, -0.2) is 4.99 Å². The van der Waals surface area contributed by atoms with Gasteiger partial charge in [-0.15, -0.1) is 0 Å². The van der Waals surface area contributed by atoms with Crippen LogP contribution >= 0.6 is 23.5 Å². The predicted octanol–water partition coefficient (Wildman–Crippen LogP) is 4.88. The van der Waals surface area contributed by atoms with Crippen LogP contribution in [0.5, 0.6) is 0 Å². The summed E-state index contributed by atoms with van der Waals surface area (Å²) in [6, 6.07) is 14.4. The SMILES string of the molecule is CSC(=Nc1ccccc1Sc1ccc(C)cc1C)NC#N. The standard InChI is InChI=1S/C17H17N3S2/c1-12-8-9-15(13(2)10-12)22-16-7-5-4-6-14(16)20-17(21-3)19-11-18/h4-10H,1-3H3,(H,19,20). The van der Waals surface area contributed by atoms with Crippen LogP contribution in [0.1, 0.15) is 11.1 Å². The number of aryl methyl sites for hydroxylation is 2. The molecule has 0 saturated carbocycles. The van der Waals surface area contributed by atoms with Crippen molar-refractivity contribution in [3.05, 3.63) is 53.6 Å². The van der Waals surface area contributed by atoms with Crippen molar-refractivity contribution in [1.29, 1.82) is 5.26 Å². The molecule has 0 heterocycles. The molecule has 0 spiro atoms. The highest BCUT2D eigenvalue weighted by Gasteiger charge is 2.07. The highest BCUT2D eigenvalue weighted by atomic mass is 32.2. The van der Waals surface area contributed by atoms with Crippen LogP contribution in [0.15, 0.2) is 57.2 Å². The number of hydrogen-bond acceptors (Lipinski definition) is 4. The number of benzene rings is 2. The number of thioether (sulfide) groups is 1. The van der Waals surface area contributed by atoms with E-state index < -0.39 is 0 Å². The fourth-order valence-electron chi connectivity index (χ4n) is 1.95. The summed E-state index contributed by atoms with van der Waals surface area (Å²) in [7, 11) is 0. The molecule has 0 radical (unpaired) electrons. The molecule has 2 rings (SSSR count). The zero-order valence-corrected chi connectivity index (χ0v) is 14.4. The van der Waals surface area contributed by atoms with Gasteiger partial charge in [-0.1, -0.05) is 53.4 Å². The number of hydrogen-bond donors (Lipinski definition) is 1. The van der Waals surface area contributed by atoms with Crippen molar-refractivity contribution in [2.45, 2.75) is 23.6 Å². The van der Waals surface area contributed by atoms with Crippen molar-refractivity contribution < 1.29 is 0 Å². The zero-order valence-electron chi connectivity index (χ0n) is 12.8. The van der Waals surface area contributed by atoms with Gasteiger partial charge in [0.25, 0.3) is 0 Å². The van der Waals surface area contributed by atoms with Crippen LogP contribution in [0.2, 0.25) is 0 Å². The maximum Gasteiger partial charge on any atom is 0.183 e. The van der Waals surface area contributed by atoms with Crippen LogP contribution in [0.4, 0.5) is 5.69 Å². The Morgan fingerprint density at radius 1 is 1.14 bits per heavy atom. The van der Waals surface area contributed by atoms with E-state index in [1.54, 1.807) is 11.8 Å². The molecular weight excluding hydrogens is 310 g/mol. The molecule has 0 amide bonds. The third-order valence-corrected chi connectivity index (χ3v) is 4.82. The fourth-order valence-corrected chi connectivity index (χ4v) is 3.25. The van der Waals surface area contributed by atoms with Crippen molar-refractivity contribution >= 4 is 34.4 Å². The van der Waals surface area contributed by atoms with Crippen molar-refractivity contribution in [2.75, 3.05) is 6.26 Å². The molecule has 0 bridgehead atoms. The van der Waals surface area contributed by atoms with Gasteiger partial charge in [0.05, 0.1) is 5.69 Å². The third-order valence-electron chi connectivity index (χ3n) is 2.99. The summed E-state index contributed by atoms with van der Waals surface area (Å²) in [6.07, 6.45) is 3.81. The van der Waals surface area contributed by atoms with Crippen molar-refractivity contribution in [3.63, 3.8) is 0 Å². The van der Waals surface area contributed by atoms with Gasteiger partial charge in [-0.3, -0.25) is 5.32 Å². The van der Waals surface area contributed by atoms with E-state index in [4.69, 9.17) is 5.26 Å². The normalized spacial score (nSPS) is 11.1. The van der Waals surface area contributed by atoms with Crippen LogP contribution in [0.3, 0.4) is 0 Å². The first kappa shape index (κ1) is 16.5. The smallest absolute Gasteiger partial charge is 0.183 e. The Morgan fingerprint density at radius 2 is 1.91 bits per heavy atom. The molecule has 0 saturated heterocycles. The summed E-state index contributed by atoms with van der Waals surface area (Å²) in [5, 5.41) is 11.9. The molecule has 112 valence electrons. The molecule has 2 aromatic carbocycles. The van der Waals surface area contributed by atoms with Gasteiger partial charge in [0.15, 0.2) is 11.4 Å². The van der Waals surface area contributed by atoms with E-state index in [0.29, 0.717) is 5.17 Å². The number of rotatable bonds is 3.